The summed E-state index contributed by atoms with van der Waals surface area (Å²) < 4.78 is 5.67. The number of carbonyl (C=O) groups excluding carboxylic acids is 4. The van der Waals surface area contributed by atoms with Crippen molar-refractivity contribution in [3.63, 3.8) is 0 Å². The molecule has 35 heavy (non-hydrogen) atoms. The lowest BCUT2D eigenvalue weighted by molar-refractivity contribution is -0.151. The third-order valence-electron chi connectivity index (χ3n) is 5.30. The number of hydrogen-bond donors (Lipinski definition) is 2. The van der Waals surface area contributed by atoms with Gasteiger partial charge in [-0.25, -0.2) is 4.79 Å². The summed E-state index contributed by atoms with van der Waals surface area (Å²) in [5.74, 6) is -1.46. The van der Waals surface area contributed by atoms with E-state index in [1.165, 1.54) is 42.2 Å². The lowest BCUT2D eigenvalue weighted by Gasteiger charge is -2.49. The van der Waals surface area contributed by atoms with Crippen molar-refractivity contribution in [1.82, 2.24) is 10.2 Å². The summed E-state index contributed by atoms with van der Waals surface area (Å²) in [5, 5.41) is 11.8. The number of carboxylic acid groups (broad SMARTS) is 1. The molecule has 1 fully saturated rings. The Morgan fingerprint density at radius 3 is 2.54 bits per heavy atom. The summed E-state index contributed by atoms with van der Waals surface area (Å²) in [7, 11) is 0. The minimum Gasteiger partial charge on any atom is -0.477 e. The summed E-state index contributed by atoms with van der Waals surface area (Å²) in [6.45, 7) is 1.03. The van der Waals surface area contributed by atoms with Crippen LogP contribution in [0, 0.1) is 0 Å². The quantitative estimate of drug-likeness (QED) is 0.370. The van der Waals surface area contributed by atoms with Gasteiger partial charge in [0.05, 0.1) is 12.2 Å². The number of carbonyl (C=O) groups is 5. The van der Waals surface area contributed by atoms with Crippen molar-refractivity contribution in [2.24, 2.45) is 4.99 Å². The molecule has 1 aromatic carbocycles. The molecule has 0 radical (unpaired) electrons. The zero-order chi connectivity index (χ0) is 25.1. The molecule has 3 aliphatic rings. The lowest BCUT2D eigenvalue weighted by atomic mass is 10.0. The fourth-order valence-corrected chi connectivity index (χ4v) is 6.80. The Kier molecular flexibility index (Phi) is 7.87. The maximum absolute atomic E-state index is 12.7. The summed E-state index contributed by atoms with van der Waals surface area (Å²) in [5.41, 5.74) is 1.96. The van der Waals surface area contributed by atoms with Gasteiger partial charge < -0.3 is 15.2 Å². The van der Waals surface area contributed by atoms with Gasteiger partial charge in [0.15, 0.2) is 0 Å². The molecule has 2 N–H and O–H groups in total. The van der Waals surface area contributed by atoms with Crippen molar-refractivity contribution in [3.8, 4) is 0 Å². The van der Waals surface area contributed by atoms with Crippen LogP contribution in [0.25, 0.3) is 0 Å². The molecule has 184 valence electrons. The van der Waals surface area contributed by atoms with Gasteiger partial charge in [0.25, 0.3) is 11.8 Å². The highest BCUT2D eigenvalue weighted by Crippen LogP contribution is 2.40. The minimum atomic E-state index is -1.28. The second-order valence-corrected chi connectivity index (χ2v) is 11.1. The van der Waals surface area contributed by atoms with Crippen LogP contribution in [0.5, 0.6) is 0 Å². The molecular formula is C22H21N3O7S3. The number of rotatable bonds is 8. The molecule has 2 atom stereocenters. The average Bonchev–Trinajstić information content (AvgIpc) is 3.24. The molecular weight excluding hydrogens is 514 g/mol. The number of benzene rings is 1. The first-order valence-electron chi connectivity index (χ1n) is 10.5. The summed E-state index contributed by atoms with van der Waals surface area (Å²) in [6, 6.07) is 6.65. The third kappa shape index (κ3) is 5.90. The number of amides is 3. The van der Waals surface area contributed by atoms with E-state index in [9.17, 15) is 29.1 Å². The van der Waals surface area contributed by atoms with Crippen LogP contribution in [0.3, 0.4) is 0 Å². The maximum atomic E-state index is 12.7. The monoisotopic (exact) mass is 535 g/mol. The van der Waals surface area contributed by atoms with Crippen LogP contribution in [0.1, 0.15) is 18.1 Å². The molecule has 0 spiro atoms. The molecule has 1 saturated heterocycles. The topological polar surface area (TPSA) is 142 Å². The molecule has 3 aliphatic heterocycles. The van der Waals surface area contributed by atoms with Gasteiger partial charge in [0, 0.05) is 24.0 Å². The SMILES string of the molecule is CC(=O)OCC1=C(C(=O)O)N2C(=O)C(NC(=O)Cc3ccc(CSC4=NC(=O)CS4)cc3)C2SC1. The van der Waals surface area contributed by atoms with E-state index in [4.69, 9.17) is 4.74 Å². The first-order chi connectivity index (χ1) is 16.7. The van der Waals surface area contributed by atoms with E-state index in [1.54, 1.807) is 0 Å². The largest absolute Gasteiger partial charge is 0.477 e. The van der Waals surface area contributed by atoms with Crippen molar-refractivity contribution < 1.29 is 33.8 Å². The highest BCUT2D eigenvalue weighted by atomic mass is 32.2. The molecule has 0 bridgehead atoms. The van der Waals surface area contributed by atoms with Crippen molar-refractivity contribution in [3.05, 3.63) is 46.7 Å². The number of thioether (sulfide) groups is 3. The standard InChI is InChI=1S/C22H21N3O7S3/c1-11(26)32-7-14-9-33-20-17(19(29)25(20)18(14)21(30)31)23-15(27)6-12-2-4-13(5-3-12)8-34-22-24-16(28)10-35-22/h2-5,17,20H,6-10H2,1H3,(H,23,27)(H,30,31). The minimum absolute atomic E-state index is 0.0744. The second-order valence-electron chi connectivity index (χ2n) is 7.83. The Balaban J connectivity index is 1.31. The zero-order valence-corrected chi connectivity index (χ0v) is 21.0. The molecule has 1 aromatic rings. The van der Waals surface area contributed by atoms with Gasteiger partial charge in [-0.15, -0.1) is 11.8 Å². The van der Waals surface area contributed by atoms with Crippen LogP contribution in [0.15, 0.2) is 40.5 Å². The number of nitrogens with zero attached hydrogens (tertiary/aromatic N) is 2. The smallest absolute Gasteiger partial charge is 0.352 e. The fourth-order valence-electron chi connectivity index (χ4n) is 3.66. The number of fused-ring (bicyclic) bond motifs is 1. The van der Waals surface area contributed by atoms with Gasteiger partial charge in [-0.05, 0) is 11.1 Å². The van der Waals surface area contributed by atoms with Gasteiger partial charge in [0.1, 0.15) is 28.1 Å². The van der Waals surface area contributed by atoms with E-state index in [-0.39, 0.29) is 36.3 Å². The molecule has 0 saturated carbocycles. The van der Waals surface area contributed by atoms with Gasteiger partial charge >= 0.3 is 11.9 Å². The van der Waals surface area contributed by atoms with Crippen molar-refractivity contribution >= 4 is 69.3 Å². The van der Waals surface area contributed by atoms with E-state index in [2.05, 4.69) is 10.3 Å². The van der Waals surface area contributed by atoms with E-state index < -0.39 is 29.3 Å². The van der Waals surface area contributed by atoms with E-state index in [0.29, 0.717) is 17.1 Å². The van der Waals surface area contributed by atoms with Crippen molar-refractivity contribution in [2.45, 2.75) is 30.5 Å². The summed E-state index contributed by atoms with van der Waals surface area (Å²) >= 11 is 4.24. The second kappa shape index (κ2) is 10.9. The Morgan fingerprint density at radius 1 is 1.20 bits per heavy atom. The Bertz CT molecular complexity index is 1150. The van der Waals surface area contributed by atoms with Gasteiger partial charge in [0.2, 0.25) is 5.91 Å². The van der Waals surface area contributed by atoms with Crippen molar-refractivity contribution in [1.29, 1.82) is 0 Å². The van der Waals surface area contributed by atoms with Crippen LogP contribution in [0.2, 0.25) is 0 Å². The van der Waals surface area contributed by atoms with E-state index >= 15 is 0 Å². The number of esters is 1. The highest BCUT2D eigenvalue weighted by molar-refractivity contribution is 8.39. The highest BCUT2D eigenvalue weighted by Gasteiger charge is 2.54. The number of aliphatic imine (C=N–C) groups is 1. The van der Waals surface area contributed by atoms with Crippen LogP contribution >= 0.6 is 35.3 Å². The number of nitrogens with one attached hydrogen (secondary N) is 1. The summed E-state index contributed by atoms with van der Waals surface area (Å²) in [4.78, 5) is 64.4. The van der Waals surface area contributed by atoms with Crippen molar-refractivity contribution in [2.75, 3.05) is 18.1 Å². The van der Waals surface area contributed by atoms with Crippen LogP contribution in [-0.2, 0) is 40.9 Å². The Labute approximate surface area is 213 Å². The van der Waals surface area contributed by atoms with E-state index in [0.717, 1.165) is 20.4 Å². The van der Waals surface area contributed by atoms with Gasteiger partial charge in [-0.2, -0.15) is 4.99 Å². The number of hydrogen-bond acceptors (Lipinski definition) is 9. The van der Waals surface area contributed by atoms with Crippen LogP contribution in [0.4, 0.5) is 0 Å². The Morgan fingerprint density at radius 2 is 1.91 bits per heavy atom. The first-order valence-corrected chi connectivity index (χ1v) is 13.5. The average molecular weight is 536 g/mol. The molecule has 0 aliphatic carbocycles. The zero-order valence-electron chi connectivity index (χ0n) is 18.5. The maximum Gasteiger partial charge on any atom is 0.352 e. The van der Waals surface area contributed by atoms with E-state index in [1.807, 2.05) is 24.3 Å². The number of β-lactam (4-membered cyclic amide) rings is 1. The predicted octanol–water partition coefficient (Wildman–Crippen LogP) is 1.39. The molecule has 13 heteroatoms. The molecule has 2 unspecified atom stereocenters. The normalized spacial score (nSPS) is 21.3. The molecule has 10 nitrogen and oxygen atoms in total. The van der Waals surface area contributed by atoms with Crippen LogP contribution in [-0.4, -0.2) is 73.6 Å². The number of aliphatic carboxylic acids is 1. The molecule has 0 aromatic heterocycles. The fraction of sp³-hybridized carbons (Fsp3) is 0.364. The number of ether oxygens (including phenoxy) is 1. The Hall–Kier alpha value is -2.77. The lowest BCUT2D eigenvalue weighted by Crippen LogP contribution is -2.70. The van der Waals surface area contributed by atoms with Gasteiger partial charge in [-0.3, -0.25) is 24.1 Å². The number of carboxylic acids is 1. The van der Waals surface area contributed by atoms with Gasteiger partial charge in [-0.1, -0.05) is 47.8 Å². The third-order valence-corrected chi connectivity index (χ3v) is 8.89. The molecule has 4 rings (SSSR count). The first kappa shape index (κ1) is 25.3. The predicted molar refractivity (Wildman–Crippen MR) is 133 cm³/mol. The molecule has 3 heterocycles. The summed E-state index contributed by atoms with van der Waals surface area (Å²) in [6.07, 6.45) is 0.0744. The molecule has 3 amide bonds. The van der Waals surface area contributed by atoms with Crippen LogP contribution < -0.4 is 5.32 Å².